The first-order valence-corrected chi connectivity index (χ1v) is 2.61. The van der Waals surface area contributed by atoms with E-state index in [0.717, 1.165) is 0 Å². The minimum absolute atomic E-state index is 0.634. The Hall–Kier alpha value is -0.770. The predicted octanol–water partition coefficient (Wildman–Crippen LogP) is 1.02. The Kier molecular flexibility index (Phi) is 3.79. The molecule has 0 aromatic rings. The van der Waals surface area contributed by atoms with Crippen LogP contribution in [0.25, 0.3) is 0 Å². The third-order valence-corrected chi connectivity index (χ3v) is 0.858. The molecular weight excluding hydrogens is 124 g/mol. The molecule has 0 atom stereocenters. The zero-order valence-corrected chi connectivity index (χ0v) is 5.20. The smallest absolute Gasteiger partial charge is 0.450 e. The fraction of sp³-hybridized carbons (Fsp3) is 0.800. The normalized spacial score (nSPS) is 15.7. The van der Waals surface area contributed by atoms with E-state index < -0.39 is 6.16 Å². The molecule has 0 bridgehead atoms. The lowest BCUT2D eigenvalue weighted by molar-refractivity contribution is 0.137. The summed E-state index contributed by atoms with van der Waals surface area (Å²) in [5.74, 6) is 0. The average Bonchev–Trinajstić information content (AvgIpc) is 2.43. The van der Waals surface area contributed by atoms with Gasteiger partial charge in [-0.3, -0.25) is 0 Å². The lowest BCUT2D eigenvalue weighted by Crippen LogP contribution is -1.81. The second-order valence-electron chi connectivity index (χ2n) is 1.72. The van der Waals surface area contributed by atoms with Gasteiger partial charge in [0, 0.05) is 7.11 Å². The molecule has 9 heavy (non-hydrogen) atoms. The summed E-state index contributed by atoms with van der Waals surface area (Å²) in [6.07, 6.45) is 1.38. The van der Waals surface area contributed by atoms with E-state index in [1.165, 1.54) is 12.8 Å². The Balaban J connectivity index is 0.000000148. The minimum atomic E-state index is -1.83. The summed E-state index contributed by atoms with van der Waals surface area (Å²) in [5.41, 5.74) is 0. The predicted molar refractivity (Wildman–Crippen MR) is 30.7 cm³/mol. The summed E-state index contributed by atoms with van der Waals surface area (Å²) >= 11 is 0. The molecule has 0 unspecified atom stereocenters. The van der Waals surface area contributed by atoms with Crippen molar-refractivity contribution in [2.24, 2.45) is 0 Å². The topological polar surface area (TPSA) is 66.8 Å². The zero-order valence-electron chi connectivity index (χ0n) is 5.20. The van der Waals surface area contributed by atoms with Crippen molar-refractivity contribution in [3.63, 3.8) is 0 Å². The molecule has 0 aliphatic heterocycles. The molecule has 0 amide bonds. The Labute approximate surface area is 53.1 Å². The molecule has 54 valence electrons. The molecule has 1 aliphatic carbocycles. The molecule has 4 nitrogen and oxygen atoms in total. The van der Waals surface area contributed by atoms with Crippen molar-refractivity contribution in [1.29, 1.82) is 0 Å². The van der Waals surface area contributed by atoms with Crippen molar-refractivity contribution < 1.29 is 19.7 Å². The molecule has 2 N–H and O–H groups in total. The number of hydrogen-bond donors (Lipinski definition) is 2. The highest BCUT2D eigenvalue weighted by atomic mass is 16.6. The van der Waals surface area contributed by atoms with Gasteiger partial charge in [-0.05, 0) is 12.8 Å². The van der Waals surface area contributed by atoms with Crippen LogP contribution in [0.2, 0.25) is 0 Å². The van der Waals surface area contributed by atoms with Gasteiger partial charge >= 0.3 is 6.16 Å². The molecule has 0 heterocycles. The lowest BCUT2D eigenvalue weighted by atomic mass is 10.9. The molecule has 0 saturated heterocycles. The quantitative estimate of drug-likeness (QED) is 0.561. The van der Waals surface area contributed by atoms with Crippen LogP contribution in [0.3, 0.4) is 0 Å². The van der Waals surface area contributed by atoms with E-state index in [2.05, 4.69) is 0 Å². The Morgan fingerprint density at radius 1 is 1.56 bits per heavy atom. The highest BCUT2D eigenvalue weighted by Crippen LogP contribution is 2.21. The summed E-state index contributed by atoms with van der Waals surface area (Å²) in [6, 6.07) is 0. The first kappa shape index (κ1) is 8.23. The molecule has 1 aliphatic rings. The van der Waals surface area contributed by atoms with E-state index in [-0.39, 0.29) is 0 Å². The summed E-state index contributed by atoms with van der Waals surface area (Å²) in [5, 5.41) is 13.9. The van der Waals surface area contributed by atoms with Gasteiger partial charge in [-0.2, -0.15) is 0 Å². The van der Waals surface area contributed by atoms with Crippen molar-refractivity contribution in [3.05, 3.63) is 0 Å². The number of ether oxygens (including phenoxy) is 1. The molecule has 0 radical (unpaired) electrons. The van der Waals surface area contributed by atoms with Gasteiger partial charge in [0.1, 0.15) is 0 Å². The van der Waals surface area contributed by atoms with Gasteiger partial charge < -0.3 is 14.9 Å². The largest absolute Gasteiger partial charge is 0.503 e. The third-order valence-electron chi connectivity index (χ3n) is 0.858. The van der Waals surface area contributed by atoms with E-state index >= 15 is 0 Å². The fourth-order valence-corrected chi connectivity index (χ4v) is 0.304. The van der Waals surface area contributed by atoms with Gasteiger partial charge in [0.2, 0.25) is 0 Å². The molecule has 0 spiro atoms. The number of rotatable bonds is 1. The number of hydrogen-bond acceptors (Lipinski definition) is 2. The first-order chi connectivity index (χ1) is 4.16. The second kappa shape index (κ2) is 4.14. The standard InChI is InChI=1S/C4H8O.CH2O3/c1-5-4-2-3-4;2-1(3)4/h4H,2-3H2,1H3;(H2,2,3,4). The maximum absolute atomic E-state index is 8.56. The van der Waals surface area contributed by atoms with Crippen molar-refractivity contribution in [2.45, 2.75) is 18.9 Å². The van der Waals surface area contributed by atoms with Crippen molar-refractivity contribution >= 4 is 6.16 Å². The monoisotopic (exact) mass is 134 g/mol. The van der Waals surface area contributed by atoms with E-state index in [1.807, 2.05) is 0 Å². The number of carboxylic acid groups (broad SMARTS) is 2. The van der Waals surface area contributed by atoms with Crippen LogP contribution in [0, 0.1) is 0 Å². The Morgan fingerprint density at radius 2 is 1.89 bits per heavy atom. The van der Waals surface area contributed by atoms with E-state index in [0.29, 0.717) is 6.10 Å². The van der Waals surface area contributed by atoms with Crippen LogP contribution in [-0.4, -0.2) is 29.6 Å². The van der Waals surface area contributed by atoms with Crippen molar-refractivity contribution in [2.75, 3.05) is 7.11 Å². The summed E-state index contributed by atoms with van der Waals surface area (Å²) < 4.78 is 4.86. The zero-order chi connectivity index (χ0) is 7.28. The van der Waals surface area contributed by atoms with E-state index in [1.54, 1.807) is 7.11 Å². The fourth-order valence-electron chi connectivity index (χ4n) is 0.304. The van der Waals surface area contributed by atoms with Gasteiger partial charge in [0.25, 0.3) is 0 Å². The molecule has 1 saturated carbocycles. The molecule has 0 aromatic carbocycles. The average molecular weight is 134 g/mol. The van der Waals surface area contributed by atoms with Gasteiger partial charge in [-0.1, -0.05) is 0 Å². The van der Waals surface area contributed by atoms with Gasteiger partial charge in [-0.15, -0.1) is 0 Å². The van der Waals surface area contributed by atoms with Crippen LogP contribution in [0.5, 0.6) is 0 Å². The lowest BCUT2D eigenvalue weighted by Gasteiger charge is -1.80. The van der Waals surface area contributed by atoms with Gasteiger partial charge in [0.15, 0.2) is 0 Å². The second-order valence-corrected chi connectivity index (χ2v) is 1.72. The highest BCUT2D eigenvalue weighted by Gasteiger charge is 2.19. The van der Waals surface area contributed by atoms with Crippen molar-refractivity contribution in [3.8, 4) is 0 Å². The molecule has 1 fully saturated rings. The number of methoxy groups -OCH3 is 1. The third kappa shape index (κ3) is 11.1. The van der Waals surface area contributed by atoms with Crippen LogP contribution in [0.15, 0.2) is 0 Å². The van der Waals surface area contributed by atoms with Gasteiger partial charge in [0.05, 0.1) is 6.10 Å². The summed E-state index contributed by atoms with van der Waals surface area (Å²) in [7, 11) is 1.76. The molecule has 1 rings (SSSR count). The highest BCUT2D eigenvalue weighted by molar-refractivity contribution is 5.53. The van der Waals surface area contributed by atoms with Crippen LogP contribution in [-0.2, 0) is 4.74 Å². The van der Waals surface area contributed by atoms with Crippen LogP contribution < -0.4 is 0 Å². The van der Waals surface area contributed by atoms with Crippen LogP contribution >= 0.6 is 0 Å². The minimum Gasteiger partial charge on any atom is -0.450 e. The van der Waals surface area contributed by atoms with Gasteiger partial charge in [-0.25, -0.2) is 4.79 Å². The first-order valence-electron chi connectivity index (χ1n) is 2.61. The molecule has 4 heteroatoms. The van der Waals surface area contributed by atoms with E-state index in [4.69, 9.17) is 19.7 Å². The van der Waals surface area contributed by atoms with E-state index in [9.17, 15) is 0 Å². The Morgan fingerprint density at radius 3 is 1.89 bits per heavy atom. The maximum atomic E-state index is 8.56. The molecule has 0 aromatic heterocycles. The summed E-state index contributed by atoms with van der Waals surface area (Å²) in [4.78, 5) is 8.56. The maximum Gasteiger partial charge on any atom is 0.503 e. The summed E-state index contributed by atoms with van der Waals surface area (Å²) in [6.45, 7) is 0. The van der Waals surface area contributed by atoms with Crippen LogP contribution in [0.4, 0.5) is 4.79 Å². The SMILES string of the molecule is COC1CC1.O=C(O)O. The van der Waals surface area contributed by atoms with Crippen LogP contribution in [0.1, 0.15) is 12.8 Å². The van der Waals surface area contributed by atoms with Crippen molar-refractivity contribution in [1.82, 2.24) is 0 Å². The Bertz CT molecular complexity index is 83.0. The number of carbonyl (C=O) groups is 1. The molecular formula is C5H10O4.